The van der Waals surface area contributed by atoms with Crippen molar-refractivity contribution in [3.63, 3.8) is 0 Å². The molecule has 2 aromatic carbocycles. The minimum atomic E-state index is -0.763. The molecule has 0 saturated heterocycles. The first-order chi connectivity index (χ1) is 14.3. The fourth-order valence-corrected chi connectivity index (χ4v) is 3.57. The van der Waals surface area contributed by atoms with Gasteiger partial charge in [-0.2, -0.15) is 0 Å². The molecular weight excluding hydrogens is 443 g/mol. The van der Waals surface area contributed by atoms with Crippen molar-refractivity contribution in [1.29, 1.82) is 0 Å². The van der Waals surface area contributed by atoms with E-state index in [1.807, 2.05) is 13.8 Å². The maximum Gasteiger partial charge on any atom is 0.292 e. The van der Waals surface area contributed by atoms with E-state index in [9.17, 15) is 4.79 Å². The van der Waals surface area contributed by atoms with Crippen LogP contribution in [-0.2, 0) is 0 Å². The Hall–Kier alpha value is -2.52. The summed E-state index contributed by atoms with van der Waals surface area (Å²) in [7, 11) is 0. The second kappa shape index (κ2) is 9.09. The van der Waals surface area contributed by atoms with Gasteiger partial charge in [0.2, 0.25) is 5.82 Å². The number of nitrogens with zero attached hydrogens (tertiary/aromatic N) is 3. The number of aromatic nitrogens is 3. The number of amides is 1. The first kappa shape index (κ1) is 22.2. The Morgan fingerprint density at radius 2 is 1.73 bits per heavy atom. The number of carbonyl (C=O) groups is 1. The van der Waals surface area contributed by atoms with E-state index < -0.39 is 11.4 Å². The van der Waals surface area contributed by atoms with E-state index in [1.54, 1.807) is 42.5 Å². The van der Waals surface area contributed by atoms with Gasteiger partial charge in [0.05, 0.1) is 10.7 Å². The van der Waals surface area contributed by atoms with Gasteiger partial charge in [-0.25, -0.2) is 9.67 Å². The number of terminal acetylenes is 1. The molecule has 154 valence electrons. The molecule has 3 rings (SSSR count). The average molecular weight is 462 g/mol. The Balaban J connectivity index is 2.12. The highest BCUT2D eigenvalue weighted by Crippen LogP contribution is 2.31. The number of benzene rings is 2. The summed E-state index contributed by atoms with van der Waals surface area (Å²) in [5.41, 5.74) is 0.485. The van der Waals surface area contributed by atoms with E-state index in [2.05, 4.69) is 21.3 Å². The molecule has 1 heterocycles. The van der Waals surface area contributed by atoms with E-state index in [4.69, 9.17) is 41.2 Å². The molecular formula is C22H19Cl3N4O. The molecule has 0 spiro atoms. The first-order valence-electron chi connectivity index (χ1n) is 9.31. The van der Waals surface area contributed by atoms with E-state index >= 15 is 0 Å². The van der Waals surface area contributed by atoms with Gasteiger partial charge in [-0.15, -0.1) is 11.5 Å². The van der Waals surface area contributed by atoms with Gasteiger partial charge in [-0.3, -0.25) is 4.79 Å². The van der Waals surface area contributed by atoms with Gasteiger partial charge in [0.1, 0.15) is 5.54 Å². The molecule has 1 amide bonds. The summed E-state index contributed by atoms with van der Waals surface area (Å²) in [5, 5.41) is 8.76. The predicted octanol–water partition coefficient (Wildman–Crippen LogP) is 5.82. The van der Waals surface area contributed by atoms with Crippen molar-refractivity contribution in [2.24, 2.45) is 0 Å². The minimum absolute atomic E-state index is 0.0208. The molecule has 0 bridgehead atoms. The van der Waals surface area contributed by atoms with Gasteiger partial charge in [-0.1, -0.05) is 54.6 Å². The Morgan fingerprint density at radius 3 is 2.30 bits per heavy atom. The molecule has 0 aliphatic carbocycles. The quantitative estimate of drug-likeness (QED) is 0.471. The second-order valence-electron chi connectivity index (χ2n) is 6.66. The highest BCUT2D eigenvalue weighted by Gasteiger charge is 2.29. The normalized spacial score (nSPS) is 11.2. The van der Waals surface area contributed by atoms with Crippen LogP contribution in [0.4, 0.5) is 0 Å². The molecule has 1 N–H and O–H groups in total. The Kier molecular flexibility index (Phi) is 6.72. The number of hydrogen-bond acceptors (Lipinski definition) is 3. The van der Waals surface area contributed by atoms with Crippen molar-refractivity contribution < 1.29 is 4.79 Å². The van der Waals surface area contributed by atoms with Crippen molar-refractivity contribution in [3.8, 4) is 29.4 Å². The highest BCUT2D eigenvalue weighted by molar-refractivity contribution is 6.36. The molecule has 0 unspecified atom stereocenters. The lowest BCUT2D eigenvalue weighted by atomic mass is 9.94. The number of hydrogen-bond donors (Lipinski definition) is 1. The predicted molar refractivity (Wildman–Crippen MR) is 121 cm³/mol. The smallest absolute Gasteiger partial charge is 0.292 e. The van der Waals surface area contributed by atoms with Crippen molar-refractivity contribution in [2.45, 2.75) is 32.2 Å². The van der Waals surface area contributed by atoms with Crippen LogP contribution in [0.5, 0.6) is 0 Å². The summed E-state index contributed by atoms with van der Waals surface area (Å²) in [6.45, 7) is 3.84. The fraction of sp³-hybridized carbons (Fsp3) is 0.227. The van der Waals surface area contributed by atoms with Crippen LogP contribution in [0.2, 0.25) is 15.1 Å². The van der Waals surface area contributed by atoms with Gasteiger partial charge >= 0.3 is 0 Å². The maximum atomic E-state index is 12.9. The Morgan fingerprint density at radius 1 is 1.10 bits per heavy atom. The molecule has 0 radical (unpaired) electrons. The fourth-order valence-electron chi connectivity index (χ4n) is 2.96. The summed E-state index contributed by atoms with van der Waals surface area (Å²) < 4.78 is 1.54. The van der Waals surface area contributed by atoms with Crippen LogP contribution in [0.25, 0.3) is 17.1 Å². The first-order valence-corrected chi connectivity index (χ1v) is 10.4. The second-order valence-corrected chi connectivity index (χ2v) is 7.94. The molecule has 5 nitrogen and oxygen atoms in total. The number of rotatable bonds is 6. The van der Waals surface area contributed by atoms with Crippen molar-refractivity contribution in [1.82, 2.24) is 20.1 Å². The van der Waals surface area contributed by atoms with E-state index in [1.165, 1.54) is 4.68 Å². The van der Waals surface area contributed by atoms with Gasteiger partial charge in [0, 0.05) is 15.6 Å². The number of carbonyl (C=O) groups excluding carboxylic acids is 1. The van der Waals surface area contributed by atoms with Crippen molar-refractivity contribution >= 4 is 40.7 Å². The molecule has 0 fully saturated rings. The summed E-state index contributed by atoms with van der Waals surface area (Å²) in [6.07, 6.45) is 6.83. The molecule has 8 heteroatoms. The minimum Gasteiger partial charge on any atom is -0.333 e. The highest BCUT2D eigenvalue weighted by atomic mass is 35.5. The molecule has 0 aliphatic rings. The zero-order chi connectivity index (χ0) is 21.9. The third kappa shape index (κ3) is 4.46. The molecule has 0 saturated carbocycles. The number of nitrogens with one attached hydrogen (secondary N) is 1. The van der Waals surface area contributed by atoms with E-state index in [-0.39, 0.29) is 5.82 Å². The van der Waals surface area contributed by atoms with Crippen LogP contribution >= 0.6 is 34.8 Å². The third-order valence-corrected chi connectivity index (χ3v) is 5.69. The lowest BCUT2D eigenvalue weighted by Crippen LogP contribution is -2.46. The van der Waals surface area contributed by atoms with Crippen LogP contribution in [0, 0.1) is 12.3 Å². The van der Waals surface area contributed by atoms with Crippen molar-refractivity contribution in [2.75, 3.05) is 0 Å². The van der Waals surface area contributed by atoms with Gasteiger partial charge < -0.3 is 5.32 Å². The van der Waals surface area contributed by atoms with E-state index in [0.29, 0.717) is 45.0 Å². The van der Waals surface area contributed by atoms with Crippen molar-refractivity contribution in [3.05, 3.63) is 63.4 Å². The van der Waals surface area contributed by atoms with Crippen LogP contribution in [0.3, 0.4) is 0 Å². The SMILES string of the molecule is C#CC(CC)(CC)NC(=O)c1nc(-c2ccc(Cl)cc2Cl)n(-c2ccc(Cl)cc2)n1. The molecule has 30 heavy (non-hydrogen) atoms. The van der Waals surface area contributed by atoms with Crippen LogP contribution in [0.15, 0.2) is 42.5 Å². The van der Waals surface area contributed by atoms with Crippen LogP contribution < -0.4 is 5.32 Å². The summed E-state index contributed by atoms with van der Waals surface area (Å²) >= 11 is 18.4. The van der Waals surface area contributed by atoms with Gasteiger partial charge in [0.15, 0.2) is 5.82 Å². The summed E-state index contributed by atoms with van der Waals surface area (Å²) in [6, 6.07) is 12.0. The molecule has 0 aliphatic heterocycles. The monoisotopic (exact) mass is 460 g/mol. The lowest BCUT2D eigenvalue weighted by molar-refractivity contribution is 0.0906. The zero-order valence-corrected chi connectivity index (χ0v) is 18.7. The third-order valence-electron chi connectivity index (χ3n) is 4.89. The summed E-state index contributed by atoms with van der Waals surface area (Å²) in [5.74, 6) is 2.59. The lowest BCUT2D eigenvalue weighted by Gasteiger charge is -2.26. The largest absolute Gasteiger partial charge is 0.333 e. The molecule has 3 aromatic rings. The summed E-state index contributed by atoms with van der Waals surface area (Å²) in [4.78, 5) is 17.4. The van der Waals surface area contributed by atoms with Gasteiger partial charge in [-0.05, 0) is 55.3 Å². The van der Waals surface area contributed by atoms with Crippen LogP contribution in [-0.4, -0.2) is 26.2 Å². The Bertz CT molecular complexity index is 1110. The number of halogens is 3. The maximum absolute atomic E-state index is 12.9. The van der Waals surface area contributed by atoms with E-state index in [0.717, 1.165) is 0 Å². The molecule has 0 atom stereocenters. The topological polar surface area (TPSA) is 59.8 Å². The average Bonchev–Trinajstić information content (AvgIpc) is 3.18. The zero-order valence-electron chi connectivity index (χ0n) is 16.4. The standard InChI is InChI=1S/C22H19Cl3N4O/c1-4-22(5-2,6-3)27-21(30)19-26-20(17-12-9-15(24)13-18(17)25)29(28-19)16-10-7-14(23)8-11-16/h1,7-13H,5-6H2,2-3H3,(H,27,30). The molecule has 1 aromatic heterocycles. The van der Waals surface area contributed by atoms with Crippen LogP contribution in [0.1, 0.15) is 37.3 Å². The van der Waals surface area contributed by atoms with Gasteiger partial charge in [0.25, 0.3) is 5.91 Å². The Labute approximate surface area is 190 Å².